The summed E-state index contributed by atoms with van der Waals surface area (Å²) in [6, 6.07) is 12.5. The van der Waals surface area contributed by atoms with Gasteiger partial charge in [-0.15, -0.1) is 0 Å². The van der Waals surface area contributed by atoms with E-state index in [0.29, 0.717) is 22.2 Å². The number of ether oxygens (including phenoxy) is 2. The predicted octanol–water partition coefficient (Wildman–Crippen LogP) is 3.67. The number of anilines is 1. The van der Waals surface area contributed by atoms with E-state index in [1.165, 1.54) is 0 Å². The van der Waals surface area contributed by atoms with Gasteiger partial charge in [0.05, 0.1) is 7.11 Å². The number of hydrogen-bond acceptors (Lipinski definition) is 3. The molecule has 0 fully saturated rings. The van der Waals surface area contributed by atoms with Crippen molar-refractivity contribution in [2.45, 2.75) is 6.92 Å². The number of rotatable bonds is 5. The number of amides is 1. The van der Waals surface area contributed by atoms with Crippen LogP contribution in [0.4, 0.5) is 5.69 Å². The third kappa shape index (κ3) is 4.13. The van der Waals surface area contributed by atoms with Crippen LogP contribution in [0.1, 0.15) is 5.56 Å². The summed E-state index contributed by atoms with van der Waals surface area (Å²) in [5.74, 6) is 0.877. The van der Waals surface area contributed by atoms with Crippen molar-refractivity contribution in [2.24, 2.45) is 0 Å². The summed E-state index contributed by atoms with van der Waals surface area (Å²) in [6.07, 6.45) is 0. The number of methoxy groups -OCH3 is 1. The third-order valence-corrected chi connectivity index (χ3v) is 3.13. The molecule has 0 aliphatic carbocycles. The normalized spacial score (nSPS) is 10.0. The highest BCUT2D eigenvalue weighted by molar-refractivity contribution is 6.30. The van der Waals surface area contributed by atoms with Crippen molar-refractivity contribution in [1.29, 1.82) is 0 Å². The molecule has 0 aromatic heterocycles. The summed E-state index contributed by atoms with van der Waals surface area (Å²) < 4.78 is 10.6. The van der Waals surface area contributed by atoms with Crippen molar-refractivity contribution in [3.05, 3.63) is 53.1 Å². The number of carbonyl (C=O) groups is 1. The van der Waals surface area contributed by atoms with Gasteiger partial charge < -0.3 is 14.8 Å². The van der Waals surface area contributed by atoms with Gasteiger partial charge in [0.1, 0.15) is 0 Å². The maximum Gasteiger partial charge on any atom is 0.262 e. The first-order valence-corrected chi connectivity index (χ1v) is 6.80. The molecule has 0 heterocycles. The topological polar surface area (TPSA) is 47.6 Å². The van der Waals surface area contributed by atoms with E-state index in [-0.39, 0.29) is 12.5 Å². The molecule has 0 radical (unpaired) electrons. The molecule has 0 aliphatic heterocycles. The van der Waals surface area contributed by atoms with E-state index >= 15 is 0 Å². The Bertz CT molecular complexity index is 643. The van der Waals surface area contributed by atoms with Gasteiger partial charge in [-0.2, -0.15) is 0 Å². The summed E-state index contributed by atoms with van der Waals surface area (Å²) in [6.45, 7) is 1.78. The molecule has 0 bridgehead atoms. The number of nitrogens with one attached hydrogen (secondary N) is 1. The van der Waals surface area contributed by atoms with Crippen LogP contribution < -0.4 is 14.8 Å². The summed E-state index contributed by atoms with van der Waals surface area (Å²) in [5, 5.41) is 3.42. The summed E-state index contributed by atoms with van der Waals surface area (Å²) in [5.41, 5.74) is 1.61. The van der Waals surface area contributed by atoms with Gasteiger partial charge in [0, 0.05) is 10.7 Å². The van der Waals surface area contributed by atoms with E-state index in [2.05, 4.69) is 5.32 Å². The lowest BCUT2D eigenvalue weighted by molar-refractivity contribution is -0.118. The molecule has 2 rings (SSSR count). The van der Waals surface area contributed by atoms with Crippen molar-refractivity contribution in [3.8, 4) is 11.5 Å². The first-order chi connectivity index (χ1) is 10.1. The van der Waals surface area contributed by atoms with E-state index in [4.69, 9.17) is 21.1 Å². The standard InChI is InChI=1S/C16H16ClNO3/c1-11-9-12(17)7-8-13(11)18-16(19)10-21-15-6-4-3-5-14(15)20-2/h3-9H,10H2,1-2H3,(H,18,19). The molecule has 0 aliphatic rings. The fourth-order valence-electron chi connectivity index (χ4n) is 1.83. The Kier molecular flexibility index (Phi) is 5.06. The van der Waals surface area contributed by atoms with E-state index in [0.717, 1.165) is 5.56 Å². The molecule has 1 N–H and O–H groups in total. The molecule has 2 aromatic carbocycles. The minimum atomic E-state index is -0.244. The second-order valence-corrected chi connectivity index (χ2v) is 4.88. The average molecular weight is 306 g/mol. The molecule has 5 heteroatoms. The molecule has 0 spiro atoms. The van der Waals surface area contributed by atoms with Gasteiger partial charge in [0.25, 0.3) is 5.91 Å². The molecular weight excluding hydrogens is 290 g/mol. The Balaban J connectivity index is 1.96. The van der Waals surface area contributed by atoms with Gasteiger partial charge in [-0.25, -0.2) is 0 Å². The fraction of sp³-hybridized carbons (Fsp3) is 0.188. The van der Waals surface area contributed by atoms with E-state index in [1.807, 2.05) is 19.1 Å². The largest absolute Gasteiger partial charge is 0.493 e. The SMILES string of the molecule is COc1ccccc1OCC(=O)Nc1ccc(Cl)cc1C. The van der Waals surface area contributed by atoms with Crippen molar-refractivity contribution >= 4 is 23.2 Å². The Morgan fingerprint density at radius 3 is 2.57 bits per heavy atom. The van der Waals surface area contributed by atoms with Crippen LogP contribution in [0.5, 0.6) is 11.5 Å². The first-order valence-electron chi connectivity index (χ1n) is 6.42. The van der Waals surface area contributed by atoms with Crippen LogP contribution in [0.25, 0.3) is 0 Å². The van der Waals surface area contributed by atoms with Gasteiger partial charge in [-0.3, -0.25) is 4.79 Å². The van der Waals surface area contributed by atoms with Crippen LogP contribution in [0.15, 0.2) is 42.5 Å². The Labute approximate surface area is 128 Å². The van der Waals surface area contributed by atoms with Gasteiger partial charge in [-0.05, 0) is 42.8 Å². The highest BCUT2D eigenvalue weighted by Crippen LogP contribution is 2.25. The van der Waals surface area contributed by atoms with Crippen molar-refractivity contribution in [2.75, 3.05) is 19.0 Å². The number of para-hydroxylation sites is 2. The molecule has 1 amide bonds. The van der Waals surface area contributed by atoms with Gasteiger partial charge in [-0.1, -0.05) is 23.7 Å². The second-order valence-electron chi connectivity index (χ2n) is 4.45. The highest BCUT2D eigenvalue weighted by Gasteiger charge is 2.08. The lowest BCUT2D eigenvalue weighted by atomic mass is 10.2. The van der Waals surface area contributed by atoms with Gasteiger partial charge in [0.15, 0.2) is 18.1 Å². The van der Waals surface area contributed by atoms with Crippen LogP contribution in [0, 0.1) is 6.92 Å². The maximum atomic E-state index is 11.9. The molecule has 21 heavy (non-hydrogen) atoms. The minimum Gasteiger partial charge on any atom is -0.493 e. The monoisotopic (exact) mass is 305 g/mol. The van der Waals surface area contributed by atoms with Crippen LogP contribution >= 0.6 is 11.6 Å². The number of aryl methyl sites for hydroxylation is 1. The zero-order valence-electron chi connectivity index (χ0n) is 11.9. The quantitative estimate of drug-likeness (QED) is 0.916. The van der Waals surface area contributed by atoms with Crippen LogP contribution in [0.2, 0.25) is 5.02 Å². The maximum absolute atomic E-state index is 11.9. The molecular formula is C16H16ClNO3. The molecule has 4 nitrogen and oxygen atoms in total. The molecule has 0 atom stereocenters. The lowest BCUT2D eigenvalue weighted by Gasteiger charge is -2.11. The lowest BCUT2D eigenvalue weighted by Crippen LogP contribution is -2.20. The van der Waals surface area contributed by atoms with Crippen molar-refractivity contribution in [1.82, 2.24) is 0 Å². The number of hydrogen-bond donors (Lipinski definition) is 1. The second kappa shape index (κ2) is 6.99. The third-order valence-electron chi connectivity index (χ3n) is 2.89. The van der Waals surface area contributed by atoms with Crippen LogP contribution in [-0.4, -0.2) is 19.6 Å². The number of halogens is 1. The molecule has 0 saturated heterocycles. The fourth-order valence-corrected chi connectivity index (χ4v) is 2.06. The molecule has 0 saturated carbocycles. The summed E-state index contributed by atoms with van der Waals surface area (Å²) in [4.78, 5) is 11.9. The zero-order chi connectivity index (χ0) is 15.2. The predicted molar refractivity (Wildman–Crippen MR) is 83.3 cm³/mol. The van der Waals surface area contributed by atoms with Crippen LogP contribution in [-0.2, 0) is 4.79 Å². The zero-order valence-corrected chi connectivity index (χ0v) is 12.6. The Morgan fingerprint density at radius 2 is 1.90 bits per heavy atom. The smallest absolute Gasteiger partial charge is 0.262 e. The van der Waals surface area contributed by atoms with Gasteiger partial charge >= 0.3 is 0 Å². The van der Waals surface area contributed by atoms with Crippen molar-refractivity contribution in [3.63, 3.8) is 0 Å². The van der Waals surface area contributed by atoms with Crippen LogP contribution in [0.3, 0.4) is 0 Å². The summed E-state index contributed by atoms with van der Waals surface area (Å²) in [7, 11) is 1.55. The average Bonchev–Trinajstić information content (AvgIpc) is 2.48. The minimum absolute atomic E-state index is 0.0948. The highest BCUT2D eigenvalue weighted by atomic mass is 35.5. The van der Waals surface area contributed by atoms with E-state index in [9.17, 15) is 4.79 Å². The van der Waals surface area contributed by atoms with E-state index in [1.54, 1.807) is 37.4 Å². The van der Waals surface area contributed by atoms with Crippen molar-refractivity contribution < 1.29 is 14.3 Å². The molecule has 0 unspecified atom stereocenters. The Hall–Kier alpha value is -2.20. The van der Waals surface area contributed by atoms with Gasteiger partial charge in [0.2, 0.25) is 0 Å². The Morgan fingerprint density at radius 1 is 1.19 bits per heavy atom. The molecule has 2 aromatic rings. The first kappa shape index (κ1) is 15.2. The number of carbonyl (C=O) groups excluding carboxylic acids is 1. The van der Waals surface area contributed by atoms with E-state index < -0.39 is 0 Å². The number of benzene rings is 2. The molecule has 110 valence electrons. The summed E-state index contributed by atoms with van der Waals surface area (Å²) >= 11 is 5.88.